The maximum atomic E-state index is 14.3. The second-order valence-electron chi connectivity index (χ2n) is 10.3. The van der Waals surface area contributed by atoms with E-state index in [9.17, 15) is 9.59 Å². The Kier molecular flexibility index (Phi) is 8.00. The lowest BCUT2D eigenvalue weighted by Gasteiger charge is -2.32. The van der Waals surface area contributed by atoms with Crippen LogP contribution in [-0.4, -0.2) is 52.7 Å². The highest BCUT2D eigenvalue weighted by atomic mass is 16.7. The summed E-state index contributed by atoms with van der Waals surface area (Å²) < 4.78 is 23.5. The number of carbonyl (C=O) groups excluding carboxylic acids is 2. The Bertz CT molecular complexity index is 1840. The summed E-state index contributed by atoms with van der Waals surface area (Å²) in [7, 11) is 3.06. The number of amides is 2. The average molecular weight is 594 g/mol. The molecular formula is C33H31N5O6. The van der Waals surface area contributed by atoms with Crippen molar-refractivity contribution in [2.75, 3.05) is 26.3 Å². The van der Waals surface area contributed by atoms with Crippen LogP contribution in [0.3, 0.4) is 0 Å². The number of hydrogen-bond acceptors (Lipinski definition) is 8. The Balaban J connectivity index is 1.43. The van der Waals surface area contributed by atoms with Crippen molar-refractivity contribution in [3.8, 4) is 23.0 Å². The normalized spacial score (nSPS) is 12.5. The van der Waals surface area contributed by atoms with Gasteiger partial charge in [-0.1, -0.05) is 47.7 Å². The fourth-order valence-electron chi connectivity index (χ4n) is 5.23. The van der Waals surface area contributed by atoms with Gasteiger partial charge in [0.25, 0.3) is 5.91 Å². The molecule has 1 aromatic heterocycles. The van der Waals surface area contributed by atoms with Gasteiger partial charge in [-0.15, -0.1) is 5.10 Å². The molecule has 0 spiro atoms. The van der Waals surface area contributed by atoms with E-state index in [1.54, 1.807) is 46.0 Å². The number of ether oxygens (including phenoxy) is 4. The average Bonchev–Trinajstić information content (AvgIpc) is 3.68. The number of carbonyl (C=O) groups is 2. The third-order valence-corrected chi connectivity index (χ3v) is 7.55. The van der Waals surface area contributed by atoms with Crippen LogP contribution >= 0.6 is 0 Å². The topological polar surface area (TPSA) is 117 Å². The number of methoxy groups -OCH3 is 2. The van der Waals surface area contributed by atoms with Gasteiger partial charge in [-0.05, 0) is 60.0 Å². The molecule has 4 aromatic carbocycles. The van der Waals surface area contributed by atoms with Gasteiger partial charge in [-0.3, -0.25) is 9.59 Å². The van der Waals surface area contributed by atoms with E-state index in [0.717, 1.165) is 11.1 Å². The first-order valence-electron chi connectivity index (χ1n) is 14.0. The molecule has 0 bridgehead atoms. The molecule has 0 fully saturated rings. The van der Waals surface area contributed by atoms with E-state index in [2.05, 4.69) is 15.6 Å². The molecule has 1 aliphatic heterocycles. The zero-order chi connectivity index (χ0) is 30.6. The molecule has 1 N–H and O–H groups in total. The number of fused-ring (bicyclic) bond motifs is 2. The van der Waals surface area contributed by atoms with Crippen molar-refractivity contribution >= 4 is 28.5 Å². The van der Waals surface area contributed by atoms with E-state index >= 15 is 0 Å². The predicted octanol–water partition coefficient (Wildman–Crippen LogP) is 4.89. The van der Waals surface area contributed by atoms with Gasteiger partial charge in [-0.25, -0.2) is 4.68 Å². The van der Waals surface area contributed by atoms with Gasteiger partial charge in [0, 0.05) is 18.3 Å². The summed E-state index contributed by atoms with van der Waals surface area (Å²) in [6, 6.07) is 24.5. The monoisotopic (exact) mass is 593 g/mol. The van der Waals surface area contributed by atoms with Crippen LogP contribution in [0.1, 0.15) is 22.7 Å². The first-order valence-corrected chi connectivity index (χ1v) is 14.0. The van der Waals surface area contributed by atoms with E-state index in [1.165, 1.54) is 14.2 Å². The number of aromatic nitrogens is 3. The van der Waals surface area contributed by atoms with Crippen LogP contribution in [0.2, 0.25) is 0 Å². The molecule has 1 unspecified atom stereocenters. The Morgan fingerprint density at radius 3 is 2.52 bits per heavy atom. The molecule has 0 saturated heterocycles. The largest absolute Gasteiger partial charge is 0.493 e. The van der Waals surface area contributed by atoms with Crippen LogP contribution in [0.25, 0.3) is 11.0 Å². The summed E-state index contributed by atoms with van der Waals surface area (Å²) in [5.41, 5.74) is 4.29. The standard InChI is InChI=1S/C33H31N5O6/c1-21-8-4-5-9-23(21)18-37(31(39)19-38-26-11-7-6-10-25(26)35-36-38)32(22-12-14-27(41-2)29(16-22)42-3)33(40)34-24-13-15-28-30(17-24)44-20-43-28/h4-17,32H,18-20H2,1-3H3,(H,34,40). The summed E-state index contributed by atoms with van der Waals surface area (Å²) in [6.45, 7) is 2.11. The lowest BCUT2D eigenvalue weighted by atomic mass is 10.0. The van der Waals surface area contributed by atoms with E-state index in [4.69, 9.17) is 18.9 Å². The number of hydrogen-bond donors (Lipinski definition) is 1. The number of anilines is 1. The van der Waals surface area contributed by atoms with Crippen LogP contribution in [-0.2, 0) is 22.7 Å². The molecule has 6 rings (SSSR count). The minimum Gasteiger partial charge on any atom is -0.493 e. The van der Waals surface area contributed by atoms with E-state index < -0.39 is 11.9 Å². The number of rotatable bonds is 10. The predicted molar refractivity (Wildman–Crippen MR) is 163 cm³/mol. The summed E-state index contributed by atoms with van der Waals surface area (Å²) in [5, 5.41) is 11.4. The number of benzene rings is 4. The highest BCUT2D eigenvalue weighted by Gasteiger charge is 2.33. The maximum Gasteiger partial charge on any atom is 0.251 e. The van der Waals surface area contributed by atoms with Crippen molar-refractivity contribution in [3.63, 3.8) is 0 Å². The Hall–Kier alpha value is -5.58. The van der Waals surface area contributed by atoms with Crippen LogP contribution in [0.5, 0.6) is 23.0 Å². The Morgan fingerprint density at radius 2 is 1.70 bits per heavy atom. The third kappa shape index (κ3) is 5.71. The first-order chi connectivity index (χ1) is 21.4. The summed E-state index contributed by atoms with van der Waals surface area (Å²) >= 11 is 0. The van der Waals surface area contributed by atoms with Gasteiger partial charge in [0.1, 0.15) is 18.1 Å². The molecule has 44 heavy (non-hydrogen) atoms. The smallest absolute Gasteiger partial charge is 0.251 e. The van der Waals surface area contributed by atoms with Gasteiger partial charge < -0.3 is 29.2 Å². The van der Waals surface area contributed by atoms with Gasteiger partial charge >= 0.3 is 0 Å². The summed E-state index contributed by atoms with van der Waals surface area (Å²) in [6.07, 6.45) is 0. The molecule has 0 radical (unpaired) electrons. The number of aryl methyl sites for hydroxylation is 1. The minimum atomic E-state index is -1.07. The van der Waals surface area contributed by atoms with Gasteiger partial charge in [0.15, 0.2) is 23.0 Å². The highest BCUT2D eigenvalue weighted by molar-refractivity contribution is 5.98. The maximum absolute atomic E-state index is 14.3. The molecule has 0 aliphatic carbocycles. The van der Waals surface area contributed by atoms with Crippen molar-refractivity contribution < 1.29 is 28.5 Å². The van der Waals surface area contributed by atoms with Crippen molar-refractivity contribution in [3.05, 3.63) is 102 Å². The van der Waals surface area contributed by atoms with Crippen molar-refractivity contribution in [2.24, 2.45) is 0 Å². The number of nitrogens with zero attached hydrogens (tertiary/aromatic N) is 4. The molecule has 0 saturated carbocycles. The van der Waals surface area contributed by atoms with E-state index in [1.807, 2.05) is 55.5 Å². The molecule has 11 heteroatoms. The molecule has 11 nitrogen and oxygen atoms in total. The zero-order valence-corrected chi connectivity index (χ0v) is 24.5. The van der Waals surface area contributed by atoms with Crippen LogP contribution in [0.15, 0.2) is 84.9 Å². The lowest BCUT2D eigenvalue weighted by Crippen LogP contribution is -2.42. The van der Waals surface area contributed by atoms with E-state index in [0.29, 0.717) is 45.3 Å². The quantitative estimate of drug-likeness (QED) is 0.243. The van der Waals surface area contributed by atoms with Gasteiger partial charge in [-0.2, -0.15) is 0 Å². The summed E-state index contributed by atoms with van der Waals surface area (Å²) in [5.74, 6) is 1.28. The molecule has 1 aliphatic rings. The number of nitrogens with one attached hydrogen (secondary N) is 1. The summed E-state index contributed by atoms with van der Waals surface area (Å²) in [4.78, 5) is 30.2. The second-order valence-corrected chi connectivity index (χ2v) is 10.3. The van der Waals surface area contributed by atoms with Gasteiger partial charge in [0.05, 0.1) is 19.7 Å². The van der Waals surface area contributed by atoms with Crippen LogP contribution in [0, 0.1) is 6.92 Å². The fourth-order valence-corrected chi connectivity index (χ4v) is 5.23. The molecular weight excluding hydrogens is 562 g/mol. The molecule has 224 valence electrons. The third-order valence-electron chi connectivity index (χ3n) is 7.55. The van der Waals surface area contributed by atoms with Crippen molar-refractivity contribution in [2.45, 2.75) is 26.1 Å². The van der Waals surface area contributed by atoms with Crippen LogP contribution in [0.4, 0.5) is 5.69 Å². The minimum absolute atomic E-state index is 0.108. The highest BCUT2D eigenvalue weighted by Crippen LogP contribution is 2.36. The lowest BCUT2D eigenvalue weighted by molar-refractivity contribution is -0.140. The molecule has 2 amide bonds. The fraction of sp³-hybridized carbons (Fsp3) is 0.212. The van der Waals surface area contributed by atoms with Crippen LogP contribution < -0.4 is 24.3 Å². The van der Waals surface area contributed by atoms with Crippen molar-refractivity contribution in [1.29, 1.82) is 0 Å². The Labute approximate surface area is 253 Å². The second kappa shape index (κ2) is 12.3. The first kappa shape index (κ1) is 28.5. The van der Waals surface area contributed by atoms with Gasteiger partial charge in [0.2, 0.25) is 12.7 Å². The molecule has 1 atom stereocenters. The zero-order valence-electron chi connectivity index (χ0n) is 24.5. The van der Waals surface area contributed by atoms with E-state index in [-0.39, 0.29) is 25.8 Å². The molecule has 2 heterocycles. The molecule has 5 aromatic rings. The SMILES string of the molecule is COc1ccc(C(C(=O)Nc2ccc3c(c2)OCO3)N(Cc2ccccc2C)C(=O)Cn2nnc3ccccc32)cc1OC. The Morgan fingerprint density at radius 1 is 0.932 bits per heavy atom. The number of para-hydroxylation sites is 1. The van der Waals surface area contributed by atoms with Crippen molar-refractivity contribution in [1.82, 2.24) is 19.9 Å².